The molecular formula is C5H10O2S. The van der Waals surface area contributed by atoms with Crippen LogP contribution in [0, 0.1) is 0 Å². The van der Waals surface area contributed by atoms with Gasteiger partial charge in [0.15, 0.2) is 0 Å². The van der Waals surface area contributed by atoms with Crippen molar-refractivity contribution in [1.29, 1.82) is 0 Å². The summed E-state index contributed by atoms with van der Waals surface area (Å²) in [5.74, 6) is 1.05. The number of carboxylic acid groups (broad SMARTS) is 1. The average molecular weight is 134 g/mol. The van der Waals surface area contributed by atoms with Crippen LogP contribution in [0.2, 0.25) is 0 Å². The molecular weight excluding hydrogens is 124 g/mol. The van der Waals surface area contributed by atoms with E-state index in [4.69, 9.17) is 5.11 Å². The predicted octanol–water partition coefficient (Wildman–Crippen LogP) is 1.21. The van der Waals surface area contributed by atoms with E-state index in [0.717, 1.165) is 11.5 Å². The van der Waals surface area contributed by atoms with Crippen LogP contribution in [0.15, 0.2) is 0 Å². The van der Waals surface area contributed by atoms with E-state index < -0.39 is 5.97 Å². The molecule has 2 nitrogen and oxygen atoms in total. The molecule has 0 aromatic carbocycles. The van der Waals surface area contributed by atoms with E-state index in [9.17, 15) is 4.79 Å². The number of rotatable bonds is 4. The third kappa shape index (κ3) is 5.82. The van der Waals surface area contributed by atoms with Crippen molar-refractivity contribution in [2.24, 2.45) is 0 Å². The summed E-state index contributed by atoms with van der Waals surface area (Å²) in [6, 6.07) is 0. The van der Waals surface area contributed by atoms with Crippen molar-refractivity contribution >= 4 is 17.7 Å². The second kappa shape index (κ2) is 4.97. The van der Waals surface area contributed by atoms with Gasteiger partial charge in [-0.3, -0.25) is 4.79 Å². The van der Waals surface area contributed by atoms with Crippen molar-refractivity contribution in [3.8, 4) is 0 Å². The lowest BCUT2D eigenvalue weighted by Crippen LogP contribution is -1.95. The summed E-state index contributed by atoms with van der Waals surface area (Å²) in [5, 5.41) is 8.13. The van der Waals surface area contributed by atoms with E-state index in [1.165, 1.54) is 0 Å². The van der Waals surface area contributed by atoms with Gasteiger partial charge >= 0.3 is 5.97 Å². The molecule has 0 fully saturated rings. The Morgan fingerprint density at radius 1 is 1.75 bits per heavy atom. The lowest BCUT2D eigenvalue weighted by molar-refractivity contribution is -0.136. The van der Waals surface area contributed by atoms with Crippen LogP contribution in [-0.4, -0.2) is 22.6 Å². The topological polar surface area (TPSA) is 37.3 Å². The summed E-state index contributed by atoms with van der Waals surface area (Å²) < 4.78 is 0. The van der Waals surface area contributed by atoms with Crippen LogP contribution in [0.4, 0.5) is 0 Å². The molecule has 48 valence electrons. The molecule has 0 unspecified atom stereocenters. The third-order valence-corrected chi connectivity index (χ3v) is 1.57. The first kappa shape index (κ1) is 7.82. The van der Waals surface area contributed by atoms with Gasteiger partial charge in [0.25, 0.3) is 0 Å². The van der Waals surface area contributed by atoms with Crippen LogP contribution in [-0.2, 0) is 4.79 Å². The fourth-order valence-corrected chi connectivity index (χ4v) is 0.911. The maximum absolute atomic E-state index is 9.86. The first-order valence-electron chi connectivity index (χ1n) is 2.57. The summed E-state index contributed by atoms with van der Waals surface area (Å²) in [6.07, 6.45) is 0.290. The van der Waals surface area contributed by atoms with E-state index in [1.54, 1.807) is 11.8 Å². The van der Waals surface area contributed by atoms with Gasteiger partial charge in [0.1, 0.15) is 0 Å². The molecule has 0 amide bonds. The van der Waals surface area contributed by atoms with Crippen LogP contribution in [0.5, 0.6) is 0 Å². The van der Waals surface area contributed by atoms with Crippen LogP contribution in [0.1, 0.15) is 13.3 Å². The van der Waals surface area contributed by atoms with Gasteiger partial charge in [-0.25, -0.2) is 0 Å². The summed E-state index contributed by atoms with van der Waals surface area (Å²) in [5.41, 5.74) is 0. The average Bonchev–Trinajstić information content (AvgIpc) is 1.66. The van der Waals surface area contributed by atoms with Gasteiger partial charge in [0.05, 0.1) is 6.42 Å². The standard InChI is InChI=1S/C5H10O2S/c1-2-8-4-3-5(6)7/h2-4H2,1H3,(H,6,7). The third-order valence-electron chi connectivity index (χ3n) is 0.664. The monoisotopic (exact) mass is 134 g/mol. The van der Waals surface area contributed by atoms with Crippen molar-refractivity contribution in [3.63, 3.8) is 0 Å². The molecule has 0 bridgehead atoms. The molecule has 3 heteroatoms. The van der Waals surface area contributed by atoms with Gasteiger partial charge in [-0.05, 0) is 5.75 Å². The largest absolute Gasteiger partial charge is 0.481 e. The normalized spacial score (nSPS) is 9.12. The number of hydrogen-bond donors (Lipinski definition) is 1. The molecule has 1 N–H and O–H groups in total. The number of carboxylic acids is 1. The van der Waals surface area contributed by atoms with Crippen molar-refractivity contribution in [1.82, 2.24) is 0 Å². The van der Waals surface area contributed by atoms with Gasteiger partial charge in [-0.15, -0.1) is 0 Å². The minimum atomic E-state index is -0.703. The summed E-state index contributed by atoms with van der Waals surface area (Å²) in [6.45, 7) is 2.02. The van der Waals surface area contributed by atoms with E-state index in [1.807, 2.05) is 6.92 Å². The Kier molecular flexibility index (Phi) is 4.85. The summed E-state index contributed by atoms with van der Waals surface area (Å²) in [4.78, 5) is 9.86. The quantitative estimate of drug-likeness (QED) is 0.587. The number of carbonyl (C=O) groups is 1. The smallest absolute Gasteiger partial charge is 0.304 e. The zero-order valence-corrected chi connectivity index (χ0v) is 5.70. The summed E-state index contributed by atoms with van der Waals surface area (Å²) in [7, 11) is 0. The minimum Gasteiger partial charge on any atom is -0.481 e. The molecule has 8 heavy (non-hydrogen) atoms. The molecule has 0 aliphatic rings. The van der Waals surface area contributed by atoms with Crippen LogP contribution in [0.25, 0.3) is 0 Å². The highest BCUT2D eigenvalue weighted by atomic mass is 32.2. The van der Waals surface area contributed by atoms with Crippen LogP contribution < -0.4 is 0 Å². The van der Waals surface area contributed by atoms with E-state index >= 15 is 0 Å². The molecule has 0 aromatic rings. The molecule has 0 spiro atoms. The Balaban J connectivity index is 2.82. The molecule has 0 saturated heterocycles. The van der Waals surface area contributed by atoms with Crippen LogP contribution >= 0.6 is 11.8 Å². The van der Waals surface area contributed by atoms with Gasteiger partial charge in [0.2, 0.25) is 0 Å². The van der Waals surface area contributed by atoms with Gasteiger partial charge in [-0.1, -0.05) is 6.92 Å². The Morgan fingerprint density at radius 2 is 2.38 bits per heavy atom. The highest BCUT2D eigenvalue weighted by Crippen LogP contribution is 1.99. The van der Waals surface area contributed by atoms with Gasteiger partial charge < -0.3 is 5.11 Å². The van der Waals surface area contributed by atoms with Crippen molar-refractivity contribution in [2.45, 2.75) is 13.3 Å². The van der Waals surface area contributed by atoms with E-state index in [0.29, 0.717) is 6.42 Å². The lowest BCUT2D eigenvalue weighted by Gasteiger charge is -1.90. The number of aliphatic carboxylic acids is 1. The number of hydrogen-bond acceptors (Lipinski definition) is 2. The first-order valence-corrected chi connectivity index (χ1v) is 3.72. The molecule has 0 aromatic heterocycles. The first-order chi connectivity index (χ1) is 3.77. The molecule has 0 atom stereocenters. The number of thioether (sulfide) groups is 1. The SMILES string of the molecule is CCSCCC(=O)O. The predicted molar refractivity (Wildman–Crippen MR) is 35.3 cm³/mol. The Labute approximate surface area is 53.3 Å². The van der Waals surface area contributed by atoms with Crippen molar-refractivity contribution < 1.29 is 9.90 Å². The molecule has 0 saturated carbocycles. The molecule has 0 rings (SSSR count). The highest BCUT2D eigenvalue weighted by Gasteiger charge is 1.92. The zero-order chi connectivity index (χ0) is 6.41. The Bertz CT molecular complexity index is 72.8. The molecule has 0 aliphatic heterocycles. The molecule has 0 aliphatic carbocycles. The summed E-state index contributed by atoms with van der Waals surface area (Å²) >= 11 is 1.66. The van der Waals surface area contributed by atoms with Crippen molar-refractivity contribution in [3.05, 3.63) is 0 Å². The van der Waals surface area contributed by atoms with E-state index in [-0.39, 0.29) is 0 Å². The van der Waals surface area contributed by atoms with E-state index in [2.05, 4.69) is 0 Å². The Morgan fingerprint density at radius 3 is 2.75 bits per heavy atom. The minimum absolute atomic E-state index is 0.290. The Hall–Kier alpha value is -0.180. The second-order valence-corrected chi connectivity index (χ2v) is 2.73. The van der Waals surface area contributed by atoms with Crippen LogP contribution in [0.3, 0.4) is 0 Å². The van der Waals surface area contributed by atoms with Gasteiger partial charge in [-0.2, -0.15) is 11.8 Å². The fraction of sp³-hybridized carbons (Fsp3) is 0.800. The maximum Gasteiger partial charge on any atom is 0.304 e. The second-order valence-electron chi connectivity index (χ2n) is 1.34. The molecule has 0 heterocycles. The van der Waals surface area contributed by atoms with Crippen molar-refractivity contribution in [2.75, 3.05) is 11.5 Å². The highest BCUT2D eigenvalue weighted by molar-refractivity contribution is 7.99. The lowest BCUT2D eigenvalue weighted by atomic mass is 10.5. The maximum atomic E-state index is 9.86. The fourth-order valence-electron chi connectivity index (χ4n) is 0.304. The molecule has 0 radical (unpaired) electrons. The van der Waals surface area contributed by atoms with Gasteiger partial charge in [0, 0.05) is 5.75 Å². The zero-order valence-electron chi connectivity index (χ0n) is 4.89.